The minimum atomic E-state index is -0.822. The van der Waals surface area contributed by atoms with E-state index in [1.807, 2.05) is 6.92 Å². The zero-order valence-corrected chi connectivity index (χ0v) is 22.0. The van der Waals surface area contributed by atoms with Crippen LogP contribution in [-0.4, -0.2) is 43.1 Å². The van der Waals surface area contributed by atoms with Gasteiger partial charge in [-0.1, -0.05) is 17.4 Å². The maximum absolute atomic E-state index is 13.8. The Balaban J connectivity index is 1.96. The maximum Gasteiger partial charge on any atom is 0.338 e. The van der Waals surface area contributed by atoms with Crippen LogP contribution in [0.5, 0.6) is 23.0 Å². The molecule has 0 aliphatic carbocycles. The number of aromatic nitrogens is 1. The lowest BCUT2D eigenvalue weighted by Gasteiger charge is -2.26. The third kappa shape index (κ3) is 4.97. The highest BCUT2D eigenvalue weighted by molar-refractivity contribution is 7.07. The van der Waals surface area contributed by atoms with Gasteiger partial charge in [0, 0.05) is 11.6 Å². The summed E-state index contributed by atoms with van der Waals surface area (Å²) in [6.07, 6.45) is 1.71. The van der Waals surface area contributed by atoms with Crippen molar-refractivity contribution < 1.29 is 28.8 Å². The number of benzene rings is 2. The molecule has 4 rings (SSSR count). The highest BCUT2D eigenvalue weighted by Crippen LogP contribution is 2.37. The Kier molecular flexibility index (Phi) is 7.68. The van der Waals surface area contributed by atoms with Gasteiger partial charge in [0.2, 0.25) is 0 Å². The number of fused-ring (bicyclic) bond motifs is 1. The van der Waals surface area contributed by atoms with Crippen LogP contribution in [0.3, 0.4) is 0 Å². The number of hydrogen-bond donors (Lipinski definition) is 1. The second kappa shape index (κ2) is 10.9. The quantitative estimate of drug-likeness (QED) is 0.452. The van der Waals surface area contributed by atoms with Gasteiger partial charge in [-0.05, 0) is 56.7 Å². The number of esters is 1. The fraction of sp³-hybridized carbons (Fsp3) is 0.296. The number of allylic oxidation sites excluding steroid dienone is 1. The van der Waals surface area contributed by atoms with Gasteiger partial charge in [0.05, 0.1) is 43.2 Å². The predicted octanol–water partition coefficient (Wildman–Crippen LogP) is 2.92. The van der Waals surface area contributed by atoms with Crippen LogP contribution in [0.25, 0.3) is 6.08 Å². The number of phenols is 1. The third-order valence-electron chi connectivity index (χ3n) is 5.83. The van der Waals surface area contributed by atoms with Gasteiger partial charge in [-0.3, -0.25) is 9.36 Å². The number of thiazole rings is 1. The molecule has 1 unspecified atom stereocenters. The second-order valence-corrected chi connectivity index (χ2v) is 9.08. The first-order chi connectivity index (χ1) is 17.8. The van der Waals surface area contributed by atoms with Crippen molar-refractivity contribution in [2.75, 3.05) is 27.4 Å². The Morgan fingerprint density at radius 1 is 1.11 bits per heavy atom. The van der Waals surface area contributed by atoms with Gasteiger partial charge in [-0.2, -0.15) is 0 Å². The predicted molar refractivity (Wildman–Crippen MR) is 139 cm³/mol. The summed E-state index contributed by atoms with van der Waals surface area (Å²) in [4.78, 5) is 31.9. The molecule has 0 fully saturated rings. The first-order valence-electron chi connectivity index (χ1n) is 11.7. The van der Waals surface area contributed by atoms with E-state index in [2.05, 4.69) is 4.99 Å². The molecule has 0 amide bonds. The largest absolute Gasteiger partial charge is 0.504 e. The van der Waals surface area contributed by atoms with E-state index in [1.54, 1.807) is 57.4 Å². The summed E-state index contributed by atoms with van der Waals surface area (Å²) >= 11 is 1.20. The Hall–Kier alpha value is -4.05. The number of rotatable bonds is 8. The van der Waals surface area contributed by atoms with Crippen LogP contribution in [-0.2, 0) is 9.53 Å². The van der Waals surface area contributed by atoms with Crippen LogP contribution >= 0.6 is 11.3 Å². The summed E-state index contributed by atoms with van der Waals surface area (Å²) in [5, 5.41) is 10.0. The van der Waals surface area contributed by atoms with E-state index in [1.165, 1.54) is 29.1 Å². The lowest BCUT2D eigenvalue weighted by Crippen LogP contribution is -2.40. The maximum atomic E-state index is 13.8. The Labute approximate surface area is 217 Å². The van der Waals surface area contributed by atoms with Crippen molar-refractivity contribution in [2.45, 2.75) is 26.8 Å². The van der Waals surface area contributed by atoms with E-state index < -0.39 is 12.0 Å². The van der Waals surface area contributed by atoms with E-state index in [9.17, 15) is 14.7 Å². The van der Waals surface area contributed by atoms with Crippen LogP contribution in [0, 0.1) is 0 Å². The lowest BCUT2D eigenvalue weighted by molar-refractivity contribution is -0.139. The molecule has 2 aromatic carbocycles. The molecule has 0 radical (unpaired) electrons. The zero-order valence-electron chi connectivity index (χ0n) is 21.2. The summed E-state index contributed by atoms with van der Waals surface area (Å²) in [5.41, 5.74) is 1.65. The zero-order chi connectivity index (χ0) is 26.7. The van der Waals surface area contributed by atoms with Gasteiger partial charge >= 0.3 is 5.97 Å². The first kappa shape index (κ1) is 26.0. The summed E-state index contributed by atoms with van der Waals surface area (Å²) in [7, 11) is 3.06. The second-order valence-electron chi connectivity index (χ2n) is 8.07. The molecule has 2 heterocycles. The molecule has 1 aromatic heterocycles. The number of carbonyl (C=O) groups excluding carboxylic acids is 1. The molecule has 37 heavy (non-hydrogen) atoms. The normalized spacial score (nSPS) is 15.2. The smallest absolute Gasteiger partial charge is 0.338 e. The Bertz CT molecular complexity index is 1550. The van der Waals surface area contributed by atoms with E-state index in [0.29, 0.717) is 50.0 Å². The van der Waals surface area contributed by atoms with E-state index in [-0.39, 0.29) is 23.5 Å². The molecular formula is C27H28N2O7S. The highest BCUT2D eigenvalue weighted by Gasteiger charge is 2.35. The number of carbonyl (C=O) groups is 1. The van der Waals surface area contributed by atoms with E-state index in [4.69, 9.17) is 18.9 Å². The van der Waals surface area contributed by atoms with Crippen LogP contribution < -0.4 is 29.1 Å². The standard InChI is InChI=1S/C27H28N2O7S/c1-6-35-21-12-16(8-11-19(21)30)13-22-25(31)29-24(18-10-9-17(33-4)14-20(18)34-5)23(26(32)36-7-2)15(3)28-27(29)37-22/h8-14,24,30H,6-7H2,1-5H3/b22-13+. The van der Waals surface area contributed by atoms with Crippen molar-refractivity contribution in [1.82, 2.24) is 4.57 Å². The average molecular weight is 525 g/mol. The molecular weight excluding hydrogens is 496 g/mol. The number of ether oxygens (including phenoxy) is 4. The van der Waals surface area contributed by atoms with Gasteiger partial charge in [0.1, 0.15) is 17.5 Å². The Morgan fingerprint density at radius 2 is 1.89 bits per heavy atom. The van der Waals surface area contributed by atoms with E-state index in [0.717, 1.165) is 0 Å². The molecule has 9 nitrogen and oxygen atoms in total. The number of methoxy groups -OCH3 is 2. The topological polar surface area (TPSA) is 109 Å². The van der Waals surface area contributed by atoms with Crippen LogP contribution in [0.1, 0.15) is 37.9 Å². The summed E-state index contributed by atoms with van der Waals surface area (Å²) in [5.74, 6) is 0.812. The van der Waals surface area contributed by atoms with Gasteiger partial charge in [0.25, 0.3) is 5.56 Å². The molecule has 0 saturated heterocycles. The van der Waals surface area contributed by atoms with Crippen molar-refractivity contribution >= 4 is 23.4 Å². The van der Waals surface area contributed by atoms with E-state index >= 15 is 0 Å². The molecule has 194 valence electrons. The lowest BCUT2D eigenvalue weighted by atomic mass is 9.95. The summed E-state index contributed by atoms with van der Waals surface area (Å²) in [6, 6.07) is 9.27. The number of phenolic OH excluding ortho intramolecular Hbond substituents is 1. The van der Waals surface area contributed by atoms with Gasteiger partial charge < -0.3 is 24.1 Å². The number of nitrogens with zero attached hydrogens (tertiary/aromatic N) is 2. The molecule has 1 aliphatic heterocycles. The van der Waals surface area contributed by atoms with Crippen molar-refractivity contribution in [1.29, 1.82) is 0 Å². The molecule has 10 heteroatoms. The van der Waals surface area contributed by atoms with Crippen molar-refractivity contribution in [3.05, 3.63) is 78.5 Å². The minimum absolute atomic E-state index is 0.0155. The van der Waals surface area contributed by atoms with Crippen molar-refractivity contribution in [2.24, 2.45) is 4.99 Å². The molecule has 0 spiro atoms. The molecule has 1 N–H and O–H groups in total. The fourth-order valence-corrected chi connectivity index (χ4v) is 5.22. The Morgan fingerprint density at radius 3 is 2.57 bits per heavy atom. The first-order valence-corrected chi connectivity index (χ1v) is 12.5. The molecule has 3 aromatic rings. The van der Waals surface area contributed by atoms with Crippen molar-refractivity contribution in [3.63, 3.8) is 0 Å². The van der Waals surface area contributed by atoms with Gasteiger partial charge in [-0.15, -0.1) is 0 Å². The molecule has 1 atom stereocenters. The molecule has 1 aliphatic rings. The summed E-state index contributed by atoms with van der Waals surface area (Å²) < 4.78 is 23.7. The monoisotopic (exact) mass is 524 g/mol. The molecule has 0 saturated carbocycles. The third-order valence-corrected chi connectivity index (χ3v) is 6.82. The van der Waals surface area contributed by atoms with Gasteiger partial charge in [0.15, 0.2) is 16.3 Å². The summed E-state index contributed by atoms with van der Waals surface area (Å²) in [6.45, 7) is 5.83. The van der Waals surface area contributed by atoms with Crippen LogP contribution in [0.4, 0.5) is 0 Å². The van der Waals surface area contributed by atoms with Gasteiger partial charge in [-0.25, -0.2) is 9.79 Å². The minimum Gasteiger partial charge on any atom is -0.504 e. The fourth-order valence-electron chi connectivity index (χ4n) is 4.17. The number of aromatic hydroxyl groups is 1. The number of hydrogen-bond acceptors (Lipinski definition) is 9. The SMILES string of the molecule is CCOC(=O)C1=C(C)N=c2s/c(=C/c3ccc(O)c(OCC)c3)c(=O)n2C1c1ccc(OC)cc1OC. The van der Waals surface area contributed by atoms with Crippen LogP contribution in [0.15, 0.2) is 57.5 Å². The average Bonchev–Trinajstić information content (AvgIpc) is 3.19. The van der Waals surface area contributed by atoms with Crippen LogP contribution in [0.2, 0.25) is 0 Å². The molecule has 0 bridgehead atoms. The van der Waals surface area contributed by atoms with Crippen molar-refractivity contribution in [3.8, 4) is 23.0 Å². The highest BCUT2D eigenvalue weighted by atomic mass is 32.1.